The summed E-state index contributed by atoms with van der Waals surface area (Å²) < 4.78 is 35.7. The number of halogens is 3. The van der Waals surface area contributed by atoms with Crippen molar-refractivity contribution in [3.05, 3.63) is 0 Å². The van der Waals surface area contributed by atoms with Crippen molar-refractivity contribution < 1.29 is 27.9 Å². The van der Waals surface area contributed by atoms with Crippen LogP contribution in [0.25, 0.3) is 0 Å². The van der Waals surface area contributed by atoms with Crippen LogP contribution < -0.4 is 5.32 Å². The van der Waals surface area contributed by atoms with Gasteiger partial charge in [-0.05, 0) is 6.42 Å². The van der Waals surface area contributed by atoms with Gasteiger partial charge in [-0.1, -0.05) is 0 Å². The van der Waals surface area contributed by atoms with E-state index < -0.39 is 24.7 Å². The third kappa shape index (κ3) is 4.22. The Labute approximate surface area is 95.6 Å². The fourth-order valence-electron chi connectivity index (χ4n) is 1.43. The van der Waals surface area contributed by atoms with E-state index in [4.69, 9.17) is 5.11 Å². The van der Waals surface area contributed by atoms with Gasteiger partial charge in [0, 0.05) is 13.0 Å². The van der Waals surface area contributed by atoms with E-state index in [1.54, 1.807) is 0 Å². The van der Waals surface area contributed by atoms with E-state index in [1.807, 2.05) is 5.32 Å². The van der Waals surface area contributed by atoms with Gasteiger partial charge in [-0.2, -0.15) is 13.2 Å². The molecule has 0 bridgehead atoms. The standard InChI is InChI=1S/C9H13F3N2O3/c10-9(11,12)6(15)4-13-7(16)5-14-3-1-2-8(14)17/h6,15H,1-5H2,(H,13,16). The van der Waals surface area contributed by atoms with Crippen molar-refractivity contribution in [1.82, 2.24) is 10.2 Å². The number of alkyl halides is 3. The van der Waals surface area contributed by atoms with E-state index in [0.717, 1.165) is 0 Å². The molecule has 0 aliphatic carbocycles. The molecule has 0 aromatic carbocycles. The summed E-state index contributed by atoms with van der Waals surface area (Å²) in [5.74, 6) is -0.889. The maximum atomic E-state index is 11.9. The lowest BCUT2D eigenvalue weighted by Crippen LogP contribution is -2.44. The maximum absolute atomic E-state index is 11.9. The SMILES string of the molecule is O=C(CN1CCCC1=O)NCC(O)C(F)(F)F. The highest BCUT2D eigenvalue weighted by Crippen LogP contribution is 2.19. The summed E-state index contributed by atoms with van der Waals surface area (Å²) in [4.78, 5) is 23.6. The first kappa shape index (κ1) is 13.8. The van der Waals surface area contributed by atoms with Crippen LogP contribution in [0.5, 0.6) is 0 Å². The number of amides is 2. The summed E-state index contributed by atoms with van der Waals surface area (Å²) >= 11 is 0. The largest absolute Gasteiger partial charge is 0.416 e. The van der Waals surface area contributed by atoms with Crippen LogP contribution in [0.15, 0.2) is 0 Å². The van der Waals surface area contributed by atoms with Crippen LogP contribution in [0.2, 0.25) is 0 Å². The van der Waals surface area contributed by atoms with Crippen molar-refractivity contribution in [2.24, 2.45) is 0 Å². The van der Waals surface area contributed by atoms with Crippen LogP contribution in [-0.2, 0) is 9.59 Å². The average Bonchev–Trinajstić information content (AvgIpc) is 2.59. The van der Waals surface area contributed by atoms with Crippen LogP contribution in [0, 0.1) is 0 Å². The third-order valence-corrected chi connectivity index (χ3v) is 2.38. The molecule has 1 unspecified atom stereocenters. The summed E-state index contributed by atoms with van der Waals surface area (Å²) in [6.45, 7) is -0.720. The van der Waals surface area contributed by atoms with Gasteiger partial charge in [-0.15, -0.1) is 0 Å². The van der Waals surface area contributed by atoms with Crippen molar-refractivity contribution in [3.8, 4) is 0 Å². The van der Waals surface area contributed by atoms with E-state index in [9.17, 15) is 22.8 Å². The molecular weight excluding hydrogens is 241 g/mol. The molecule has 1 saturated heterocycles. The van der Waals surface area contributed by atoms with Crippen LogP contribution in [0.3, 0.4) is 0 Å². The van der Waals surface area contributed by atoms with Crippen LogP contribution in [0.4, 0.5) is 13.2 Å². The average molecular weight is 254 g/mol. The van der Waals surface area contributed by atoms with Crippen molar-refractivity contribution in [2.75, 3.05) is 19.6 Å². The first-order chi connectivity index (χ1) is 7.80. The third-order valence-electron chi connectivity index (χ3n) is 2.38. The number of carbonyl (C=O) groups excluding carboxylic acids is 2. The normalized spacial score (nSPS) is 18.4. The Morgan fingerprint density at radius 3 is 2.65 bits per heavy atom. The molecule has 1 aliphatic rings. The molecule has 2 N–H and O–H groups in total. The molecule has 0 aromatic rings. The van der Waals surface area contributed by atoms with Gasteiger partial charge < -0.3 is 15.3 Å². The monoisotopic (exact) mass is 254 g/mol. The number of aliphatic hydroxyl groups is 1. The number of hydrogen-bond donors (Lipinski definition) is 2. The van der Waals surface area contributed by atoms with Crippen molar-refractivity contribution >= 4 is 11.8 Å². The molecule has 17 heavy (non-hydrogen) atoms. The fourth-order valence-corrected chi connectivity index (χ4v) is 1.43. The molecule has 1 atom stereocenters. The minimum absolute atomic E-state index is 0.184. The van der Waals surface area contributed by atoms with Gasteiger partial charge in [0.1, 0.15) is 0 Å². The van der Waals surface area contributed by atoms with E-state index in [0.29, 0.717) is 19.4 Å². The Hall–Kier alpha value is -1.31. The van der Waals surface area contributed by atoms with E-state index in [1.165, 1.54) is 4.90 Å². The summed E-state index contributed by atoms with van der Waals surface area (Å²) in [7, 11) is 0. The Morgan fingerprint density at radius 1 is 1.53 bits per heavy atom. The highest BCUT2D eigenvalue weighted by Gasteiger charge is 2.38. The summed E-state index contributed by atoms with van der Waals surface area (Å²) in [5.41, 5.74) is 0. The van der Waals surface area contributed by atoms with Crippen molar-refractivity contribution in [3.63, 3.8) is 0 Å². The van der Waals surface area contributed by atoms with Gasteiger partial charge in [0.05, 0.1) is 13.1 Å². The molecule has 5 nitrogen and oxygen atoms in total. The Kier molecular flexibility index (Phi) is 4.33. The van der Waals surface area contributed by atoms with Gasteiger partial charge in [0.25, 0.3) is 0 Å². The minimum Gasteiger partial charge on any atom is -0.382 e. The molecule has 0 aromatic heterocycles. The number of nitrogens with zero attached hydrogens (tertiary/aromatic N) is 1. The van der Waals surface area contributed by atoms with E-state index in [-0.39, 0.29) is 12.5 Å². The van der Waals surface area contributed by atoms with E-state index in [2.05, 4.69) is 0 Å². The number of likely N-dealkylation sites (tertiary alicyclic amines) is 1. The van der Waals surface area contributed by atoms with Crippen molar-refractivity contribution in [1.29, 1.82) is 0 Å². The zero-order valence-electron chi connectivity index (χ0n) is 8.96. The molecule has 1 aliphatic heterocycles. The lowest BCUT2D eigenvalue weighted by atomic mass is 10.3. The minimum atomic E-state index is -4.75. The topological polar surface area (TPSA) is 69.6 Å². The first-order valence-electron chi connectivity index (χ1n) is 5.10. The quantitative estimate of drug-likeness (QED) is 0.720. The zero-order chi connectivity index (χ0) is 13.1. The number of rotatable bonds is 4. The highest BCUT2D eigenvalue weighted by atomic mass is 19.4. The smallest absolute Gasteiger partial charge is 0.382 e. The van der Waals surface area contributed by atoms with Gasteiger partial charge >= 0.3 is 6.18 Å². The van der Waals surface area contributed by atoms with Gasteiger partial charge in [-0.3, -0.25) is 9.59 Å². The fraction of sp³-hybridized carbons (Fsp3) is 0.778. The Balaban J connectivity index is 2.28. The molecule has 1 rings (SSSR count). The highest BCUT2D eigenvalue weighted by molar-refractivity contribution is 5.85. The molecule has 0 saturated carbocycles. The van der Waals surface area contributed by atoms with E-state index >= 15 is 0 Å². The van der Waals surface area contributed by atoms with Crippen LogP contribution >= 0.6 is 0 Å². The van der Waals surface area contributed by atoms with Crippen LogP contribution in [0.1, 0.15) is 12.8 Å². The number of aliphatic hydroxyl groups excluding tert-OH is 1. The Bertz CT molecular complexity index is 306. The number of hydrogen-bond acceptors (Lipinski definition) is 3. The molecule has 8 heteroatoms. The van der Waals surface area contributed by atoms with Crippen molar-refractivity contribution in [2.45, 2.75) is 25.1 Å². The Morgan fingerprint density at radius 2 is 2.18 bits per heavy atom. The molecular formula is C9H13F3N2O3. The molecule has 0 radical (unpaired) electrons. The molecule has 1 fully saturated rings. The predicted octanol–water partition coefficient (Wildman–Crippen LogP) is -0.352. The second-order valence-corrected chi connectivity index (χ2v) is 3.78. The molecule has 98 valence electrons. The predicted molar refractivity (Wildman–Crippen MR) is 50.9 cm³/mol. The van der Waals surface area contributed by atoms with Gasteiger partial charge in [-0.25, -0.2) is 0 Å². The number of nitrogens with one attached hydrogen (secondary N) is 1. The lowest BCUT2D eigenvalue weighted by molar-refractivity contribution is -0.201. The summed E-state index contributed by atoms with van der Waals surface area (Å²) in [5, 5.41) is 10.6. The zero-order valence-corrected chi connectivity index (χ0v) is 8.96. The number of carbonyl (C=O) groups is 2. The van der Waals surface area contributed by atoms with Crippen LogP contribution in [-0.4, -0.2) is 53.7 Å². The lowest BCUT2D eigenvalue weighted by Gasteiger charge is -2.17. The molecule has 1 heterocycles. The molecule has 2 amide bonds. The van der Waals surface area contributed by atoms with Gasteiger partial charge in [0.15, 0.2) is 6.10 Å². The summed E-state index contributed by atoms with van der Waals surface area (Å²) in [6.07, 6.45) is -6.33. The molecule has 0 spiro atoms. The first-order valence-corrected chi connectivity index (χ1v) is 5.10. The van der Waals surface area contributed by atoms with Gasteiger partial charge in [0.2, 0.25) is 11.8 Å². The second kappa shape index (κ2) is 5.35. The second-order valence-electron chi connectivity index (χ2n) is 3.78. The summed E-state index contributed by atoms with van der Waals surface area (Å²) in [6, 6.07) is 0. The maximum Gasteiger partial charge on any atom is 0.416 e.